The molecule has 1 N–H and O–H groups in total. The fourth-order valence-electron chi connectivity index (χ4n) is 3.86. The van der Waals surface area contributed by atoms with Crippen molar-refractivity contribution < 1.29 is 13.2 Å². The maximum absolute atomic E-state index is 12.9. The minimum Gasteiger partial charge on any atom is -0.352 e. The molecule has 0 radical (unpaired) electrons. The van der Waals surface area contributed by atoms with Gasteiger partial charge in [0.1, 0.15) is 0 Å². The van der Waals surface area contributed by atoms with Gasteiger partial charge in [-0.25, -0.2) is 8.42 Å². The molecule has 6 nitrogen and oxygen atoms in total. The Hall–Kier alpha value is -2.22. The van der Waals surface area contributed by atoms with Gasteiger partial charge in [0.15, 0.2) is 0 Å². The van der Waals surface area contributed by atoms with Crippen LogP contribution in [0.15, 0.2) is 59.5 Å². The lowest BCUT2D eigenvalue weighted by Gasteiger charge is -2.26. The molecular weight excluding hydrogens is 410 g/mol. The molecule has 7 heteroatoms. The fourth-order valence-corrected chi connectivity index (χ4v) is 5.32. The Labute approximate surface area is 186 Å². The molecule has 1 heterocycles. The van der Waals surface area contributed by atoms with Crippen LogP contribution in [0.1, 0.15) is 48.5 Å². The van der Waals surface area contributed by atoms with Gasteiger partial charge >= 0.3 is 0 Å². The summed E-state index contributed by atoms with van der Waals surface area (Å²) in [5.41, 5.74) is 1.44. The third-order valence-electron chi connectivity index (χ3n) is 5.69. The van der Waals surface area contributed by atoms with Gasteiger partial charge in [0.2, 0.25) is 10.0 Å². The van der Waals surface area contributed by atoms with E-state index in [1.807, 2.05) is 19.1 Å². The second kappa shape index (κ2) is 11.4. The van der Waals surface area contributed by atoms with Crippen molar-refractivity contribution in [2.75, 3.05) is 32.7 Å². The molecule has 1 aliphatic rings. The molecular formula is C24H33N3O3S. The molecule has 0 bridgehead atoms. The van der Waals surface area contributed by atoms with Crippen LogP contribution in [-0.2, 0) is 16.6 Å². The van der Waals surface area contributed by atoms with Crippen LogP contribution < -0.4 is 5.32 Å². The van der Waals surface area contributed by atoms with Crippen LogP contribution in [0.5, 0.6) is 0 Å². The van der Waals surface area contributed by atoms with Gasteiger partial charge in [-0.3, -0.25) is 4.79 Å². The average molecular weight is 444 g/mol. The van der Waals surface area contributed by atoms with Crippen molar-refractivity contribution >= 4 is 15.9 Å². The van der Waals surface area contributed by atoms with Gasteiger partial charge < -0.3 is 10.2 Å². The molecule has 0 aromatic heterocycles. The van der Waals surface area contributed by atoms with Crippen LogP contribution in [0.2, 0.25) is 0 Å². The van der Waals surface area contributed by atoms with Gasteiger partial charge in [-0.15, -0.1) is 0 Å². The number of carbonyl (C=O) groups is 1. The molecule has 31 heavy (non-hydrogen) atoms. The van der Waals surface area contributed by atoms with Crippen molar-refractivity contribution in [2.24, 2.45) is 0 Å². The van der Waals surface area contributed by atoms with E-state index >= 15 is 0 Å². The molecule has 0 aliphatic carbocycles. The molecule has 3 rings (SSSR count). The molecule has 2 aromatic rings. The van der Waals surface area contributed by atoms with E-state index < -0.39 is 10.0 Å². The summed E-state index contributed by atoms with van der Waals surface area (Å²) in [4.78, 5) is 15.2. The van der Waals surface area contributed by atoms with E-state index in [0.29, 0.717) is 18.7 Å². The number of sulfonamides is 1. The molecule has 1 amide bonds. The van der Waals surface area contributed by atoms with E-state index in [0.717, 1.165) is 18.5 Å². The van der Waals surface area contributed by atoms with Crippen molar-refractivity contribution in [3.05, 3.63) is 65.7 Å². The van der Waals surface area contributed by atoms with Crippen LogP contribution in [0.3, 0.4) is 0 Å². The zero-order valence-corrected chi connectivity index (χ0v) is 19.1. The summed E-state index contributed by atoms with van der Waals surface area (Å²) in [5, 5.41) is 2.98. The van der Waals surface area contributed by atoms with Crippen molar-refractivity contribution in [2.45, 2.75) is 44.0 Å². The first-order valence-electron chi connectivity index (χ1n) is 11.2. The number of nitrogens with zero attached hydrogens (tertiary/aromatic N) is 2. The smallest absolute Gasteiger partial charge is 0.251 e. The predicted molar refractivity (Wildman–Crippen MR) is 123 cm³/mol. The van der Waals surface area contributed by atoms with E-state index in [-0.39, 0.29) is 17.3 Å². The third-order valence-corrected chi connectivity index (χ3v) is 7.63. The Bertz CT molecular complexity index is 924. The van der Waals surface area contributed by atoms with Gasteiger partial charge in [-0.05, 0) is 68.7 Å². The SMILES string of the molecule is CCN(Cc1ccc(C(=O)NCCCN2CCCCC2)cc1)S(=O)(=O)c1ccccc1. The second-order valence-electron chi connectivity index (χ2n) is 7.95. The maximum atomic E-state index is 12.9. The Morgan fingerprint density at radius 2 is 1.68 bits per heavy atom. The Morgan fingerprint density at radius 3 is 2.32 bits per heavy atom. The largest absolute Gasteiger partial charge is 0.352 e. The average Bonchev–Trinajstić information content (AvgIpc) is 2.81. The number of hydrogen-bond donors (Lipinski definition) is 1. The minimum atomic E-state index is -3.55. The van der Waals surface area contributed by atoms with Gasteiger partial charge in [0.05, 0.1) is 4.90 Å². The van der Waals surface area contributed by atoms with E-state index in [9.17, 15) is 13.2 Å². The van der Waals surface area contributed by atoms with Crippen LogP contribution in [0, 0.1) is 0 Å². The standard InChI is InChI=1S/C24H33N3O3S/c1-2-27(31(29,30)23-10-5-3-6-11-23)20-21-12-14-22(15-13-21)24(28)25-16-9-19-26-17-7-4-8-18-26/h3,5-6,10-15H,2,4,7-9,16-20H2,1H3,(H,25,28). The normalized spacial score (nSPS) is 15.2. The number of piperidine rings is 1. The van der Waals surface area contributed by atoms with Crippen LogP contribution in [-0.4, -0.2) is 56.3 Å². The zero-order valence-electron chi connectivity index (χ0n) is 18.3. The quantitative estimate of drug-likeness (QED) is 0.571. The van der Waals surface area contributed by atoms with E-state index in [4.69, 9.17) is 0 Å². The van der Waals surface area contributed by atoms with E-state index in [2.05, 4.69) is 10.2 Å². The number of likely N-dealkylation sites (tertiary alicyclic amines) is 1. The summed E-state index contributed by atoms with van der Waals surface area (Å²) >= 11 is 0. The minimum absolute atomic E-state index is 0.0885. The molecule has 0 atom stereocenters. The fraction of sp³-hybridized carbons (Fsp3) is 0.458. The number of rotatable bonds is 10. The predicted octanol–water partition coefficient (Wildman–Crippen LogP) is 3.50. The number of benzene rings is 2. The second-order valence-corrected chi connectivity index (χ2v) is 9.89. The molecule has 1 saturated heterocycles. The summed E-state index contributed by atoms with van der Waals surface area (Å²) in [5.74, 6) is -0.0885. The first-order chi connectivity index (χ1) is 15.0. The van der Waals surface area contributed by atoms with Crippen molar-refractivity contribution in [1.29, 1.82) is 0 Å². The van der Waals surface area contributed by atoms with Gasteiger partial charge in [-0.1, -0.05) is 43.7 Å². The maximum Gasteiger partial charge on any atom is 0.251 e. The molecule has 168 valence electrons. The highest BCUT2D eigenvalue weighted by molar-refractivity contribution is 7.89. The molecule has 0 saturated carbocycles. The Balaban J connectivity index is 1.51. The first-order valence-corrected chi connectivity index (χ1v) is 12.6. The molecule has 1 fully saturated rings. The van der Waals surface area contributed by atoms with Gasteiger partial charge in [0, 0.05) is 25.2 Å². The number of amides is 1. The monoisotopic (exact) mass is 443 g/mol. The van der Waals surface area contributed by atoms with Gasteiger partial charge in [-0.2, -0.15) is 4.31 Å². The highest BCUT2D eigenvalue weighted by Crippen LogP contribution is 2.18. The highest BCUT2D eigenvalue weighted by atomic mass is 32.2. The zero-order chi connectivity index (χ0) is 22.1. The van der Waals surface area contributed by atoms with Gasteiger partial charge in [0.25, 0.3) is 5.91 Å². The van der Waals surface area contributed by atoms with Crippen LogP contribution >= 0.6 is 0 Å². The van der Waals surface area contributed by atoms with E-state index in [1.54, 1.807) is 42.5 Å². The third kappa shape index (κ3) is 6.63. The molecule has 0 spiro atoms. The molecule has 2 aromatic carbocycles. The summed E-state index contributed by atoms with van der Waals surface area (Å²) in [6.45, 7) is 6.50. The lowest BCUT2D eigenvalue weighted by molar-refractivity contribution is 0.0951. The van der Waals surface area contributed by atoms with Crippen molar-refractivity contribution in [3.63, 3.8) is 0 Å². The number of carbonyl (C=O) groups excluding carboxylic acids is 1. The van der Waals surface area contributed by atoms with Crippen molar-refractivity contribution in [1.82, 2.24) is 14.5 Å². The van der Waals surface area contributed by atoms with Crippen LogP contribution in [0.4, 0.5) is 0 Å². The first kappa shape index (κ1) is 23.4. The topological polar surface area (TPSA) is 69.7 Å². The molecule has 0 unspecified atom stereocenters. The summed E-state index contributed by atoms with van der Waals surface area (Å²) in [7, 11) is -3.55. The number of nitrogens with one attached hydrogen (secondary N) is 1. The summed E-state index contributed by atoms with van der Waals surface area (Å²) in [6, 6.07) is 15.6. The van der Waals surface area contributed by atoms with E-state index in [1.165, 1.54) is 36.7 Å². The highest BCUT2D eigenvalue weighted by Gasteiger charge is 2.23. The Morgan fingerprint density at radius 1 is 1.00 bits per heavy atom. The summed E-state index contributed by atoms with van der Waals surface area (Å²) in [6.07, 6.45) is 4.84. The Kier molecular flexibility index (Phi) is 8.63. The van der Waals surface area contributed by atoms with Crippen molar-refractivity contribution in [3.8, 4) is 0 Å². The lowest BCUT2D eigenvalue weighted by atomic mass is 10.1. The number of hydrogen-bond acceptors (Lipinski definition) is 4. The van der Waals surface area contributed by atoms with Crippen LogP contribution in [0.25, 0.3) is 0 Å². The molecule has 1 aliphatic heterocycles. The summed E-state index contributed by atoms with van der Waals surface area (Å²) < 4.78 is 27.2. The lowest BCUT2D eigenvalue weighted by Crippen LogP contribution is -2.33.